The summed E-state index contributed by atoms with van der Waals surface area (Å²) in [5.74, 6) is 0.345. The molecule has 0 spiro atoms. The van der Waals surface area contributed by atoms with E-state index in [1.54, 1.807) is 0 Å². The molecule has 2 aliphatic rings. The normalized spacial score (nSPS) is 27.2. The number of aliphatic hydroxyl groups excluding tert-OH is 1. The maximum Gasteiger partial charge on any atom is 0.309 e. The van der Waals surface area contributed by atoms with Crippen LogP contribution in [0.5, 0.6) is 0 Å². The van der Waals surface area contributed by atoms with Gasteiger partial charge >= 0.3 is 5.97 Å². The molecule has 1 aromatic carbocycles. The molecule has 1 aliphatic heterocycles. The zero-order chi connectivity index (χ0) is 14.7. The van der Waals surface area contributed by atoms with Crippen molar-refractivity contribution in [2.75, 3.05) is 0 Å². The van der Waals surface area contributed by atoms with Gasteiger partial charge in [-0.15, -0.1) is 0 Å². The van der Waals surface area contributed by atoms with E-state index in [-0.39, 0.29) is 18.5 Å². The molecule has 3 nitrogen and oxygen atoms in total. The summed E-state index contributed by atoms with van der Waals surface area (Å²) in [6.07, 6.45) is 8.84. The Bertz CT molecular complexity index is 529. The Labute approximate surface area is 125 Å². The number of aliphatic hydroxyl groups is 1. The lowest BCUT2D eigenvalue weighted by atomic mass is 9.92. The van der Waals surface area contributed by atoms with Crippen molar-refractivity contribution in [3.05, 3.63) is 41.5 Å². The molecule has 2 unspecified atom stereocenters. The Morgan fingerprint density at radius 3 is 2.71 bits per heavy atom. The number of cyclic esters (lactones) is 1. The second-order valence-corrected chi connectivity index (χ2v) is 6.09. The molecule has 2 fully saturated rings. The average molecular weight is 286 g/mol. The van der Waals surface area contributed by atoms with Gasteiger partial charge in [0.25, 0.3) is 0 Å². The predicted octanol–water partition coefficient (Wildman–Crippen LogP) is 3.42. The zero-order valence-corrected chi connectivity index (χ0v) is 12.2. The molecule has 0 aromatic heterocycles. The van der Waals surface area contributed by atoms with Gasteiger partial charge in [0.15, 0.2) is 0 Å². The summed E-state index contributed by atoms with van der Waals surface area (Å²) in [5, 5.41) is 9.64. The van der Waals surface area contributed by atoms with Crippen LogP contribution in [0.4, 0.5) is 0 Å². The van der Waals surface area contributed by atoms with Crippen molar-refractivity contribution in [3.63, 3.8) is 0 Å². The molecular weight excluding hydrogens is 264 g/mol. The lowest BCUT2D eigenvalue weighted by Gasteiger charge is -2.23. The Kier molecular flexibility index (Phi) is 4.39. The molecule has 3 rings (SSSR count). The molecule has 112 valence electrons. The highest BCUT2D eigenvalue weighted by molar-refractivity contribution is 5.71. The van der Waals surface area contributed by atoms with Gasteiger partial charge in [-0.25, -0.2) is 0 Å². The molecule has 1 aromatic rings. The van der Waals surface area contributed by atoms with Crippen LogP contribution in [-0.4, -0.2) is 23.3 Å². The van der Waals surface area contributed by atoms with Crippen molar-refractivity contribution in [3.8, 4) is 0 Å². The number of ether oxygens (including phenoxy) is 1. The van der Waals surface area contributed by atoms with Crippen molar-refractivity contribution < 1.29 is 14.6 Å². The predicted molar refractivity (Wildman–Crippen MR) is 81.8 cm³/mol. The van der Waals surface area contributed by atoms with Crippen LogP contribution < -0.4 is 0 Å². The van der Waals surface area contributed by atoms with Gasteiger partial charge in [-0.05, 0) is 36.0 Å². The van der Waals surface area contributed by atoms with Crippen LogP contribution >= 0.6 is 0 Å². The number of esters is 1. The fraction of sp³-hybridized carbons (Fsp3) is 0.500. The topological polar surface area (TPSA) is 46.5 Å². The number of hydrogen-bond acceptors (Lipinski definition) is 3. The third kappa shape index (κ3) is 3.53. The number of rotatable bonds is 3. The first-order valence-electron chi connectivity index (χ1n) is 7.87. The molecule has 1 saturated heterocycles. The molecule has 21 heavy (non-hydrogen) atoms. The average Bonchev–Trinajstić information content (AvgIpc) is 2.98. The monoisotopic (exact) mass is 286 g/mol. The summed E-state index contributed by atoms with van der Waals surface area (Å²) >= 11 is 0. The van der Waals surface area contributed by atoms with Gasteiger partial charge in [-0.1, -0.05) is 43.2 Å². The summed E-state index contributed by atoms with van der Waals surface area (Å²) in [6, 6.07) is 8.46. The minimum absolute atomic E-state index is 0.114. The van der Waals surface area contributed by atoms with Crippen molar-refractivity contribution >= 4 is 12.0 Å². The molecule has 2 atom stereocenters. The number of carbonyl (C=O) groups is 1. The van der Waals surface area contributed by atoms with Gasteiger partial charge < -0.3 is 9.84 Å². The van der Waals surface area contributed by atoms with E-state index in [0.717, 1.165) is 0 Å². The summed E-state index contributed by atoms with van der Waals surface area (Å²) in [6.45, 7) is 0. The summed E-state index contributed by atoms with van der Waals surface area (Å²) in [4.78, 5) is 11.4. The molecule has 0 amide bonds. The second kappa shape index (κ2) is 6.44. The second-order valence-electron chi connectivity index (χ2n) is 6.09. The van der Waals surface area contributed by atoms with Crippen molar-refractivity contribution in [2.45, 2.75) is 56.7 Å². The lowest BCUT2D eigenvalue weighted by Crippen LogP contribution is -2.31. The van der Waals surface area contributed by atoms with E-state index in [0.29, 0.717) is 12.3 Å². The van der Waals surface area contributed by atoms with Crippen LogP contribution in [0.3, 0.4) is 0 Å². The number of benzene rings is 1. The third-order valence-corrected chi connectivity index (χ3v) is 4.47. The van der Waals surface area contributed by atoms with E-state index in [1.807, 2.05) is 18.2 Å². The molecule has 1 heterocycles. The Balaban J connectivity index is 1.75. The van der Waals surface area contributed by atoms with E-state index in [1.165, 1.54) is 36.8 Å². The quantitative estimate of drug-likeness (QED) is 0.866. The fourth-order valence-electron chi connectivity index (χ4n) is 3.41. The van der Waals surface area contributed by atoms with Crippen LogP contribution in [0.25, 0.3) is 6.08 Å². The molecule has 0 radical (unpaired) electrons. The minimum atomic E-state index is -0.578. The molecule has 1 saturated carbocycles. The van der Waals surface area contributed by atoms with Gasteiger partial charge in [0.2, 0.25) is 0 Å². The van der Waals surface area contributed by atoms with Gasteiger partial charge in [-0.3, -0.25) is 4.79 Å². The van der Waals surface area contributed by atoms with Crippen molar-refractivity contribution in [1.29, 1.82) is 0 Å². The standard InChI is InChI=1S/C18H22O3/c19-15-11-16(21-18(20)12-15)10-9-14-7-3-4-8-17(14)13-5-1-2-6-13/h3-4,7-10,13,15-16,19H,1-2,5-6,11-12H2. The molecular formula is C18H22O3. The first-order valence-corrected chi connectivity index (χ1v) is 7.87. The van der Waals surface area contributed by atoms with E-state index in [2.05, 4.69) is 18.2 Å². The van der Waals surface area contributed by atoms with Crippen molar-refractivity contribution in [1.82, 2.24) is 0 Å². The number of carbonyl (C=O) groups excluding carboxylic acids is 1. The van der Waals surface area contributed by atoms with Crippen LogP contribution in [-0.2, 0) is 9.53 Å². The van der Waals surface area contributed by atoms with Crippen LogP contribution in [0, 0.1) is 0 Å². The summed E-state index contributed by atoms with van der Waals surface area (Å²) in [7, 11) is 0. The summed E-state index contributed by atoms with van der Waals surface area (Å²) < 4.78 is 5.26. The van der Waals surface area contributed by atoms with Crippen LogP contribution in [0.1, 0.15) is 55.6 Å². The van der Waals surface area contributed by atoms with E-state index in [4.69, 9.17) is 4.74 Å². The Hall–Kier alpha value is -1.61. The van der Waals surface area contributed by atoms with Gasteiger partial charge in [0.1, 0.15) is 6.10 Å². The fourth-order valence-corrected chi connectivity index (χ4v) is 3.41. The largest absolute Gasteiger partial charge is 0.458 e. The molecule has 1 aliphatic carbocycles. The van der Waals surface area contributed by atoms with E-state index in [9.17, 15) is 9.90 Å². The highest BCUT2D eigenvalue weighted by atomic mass is 16.5. The minimum Gasteiger partial charge on any atom is -0.458 e. The maximum absolute atomic E-state index is 11.4. The maximum atomic E-state index is 11.4. The smallest absolute Gasteiger partial charge is 0.309 e. The first kappa shape index (κ1) is 14.3. The van der Waals surface area contributed by atoms with Crippen LogP contribution in [0.15, 0.2) is 30.3 Å². The lowest BCUT2D eigenvalue weighted by molar-refractivity contribution is -0.156. The zero-order valence-electron chi connectivity index (χ0n) is 12.2. The Morgan fingerprint density at radius 2 is 1.95 bits per heavy atom. The Morgan fingerprint density at radius 1 is 1.19 bits per heavy atom. The molecule has 3 heteroatoms. The first-order chi connectivity index (χ1) is 10.2. The van der Waals surface area contributed by atoms with Gasteiger partial charge in [-0.2, -0.15) is 0 Å². The van der Waals surface area contributed by atoms with Gasteiger partial charge in [0, 0.05) is 6.42 Å². The third-order valence-electron chi connectivity index (χ3n) is 4.47. The highest BCUT2D eigenvalue weighted by Crippen LogP contribution is 2.36. The van der Waals surface area contributed by atoms with Crippen molar-refractivity contribution in [2.24, 2.45) is 0 Å². The van der Waals surface area contributed by atoms with Gasteiger partial charge in [0.05, 0.1) is 12.5 Å². The molecule has 1 N–H and O–H groups in total. The van der Waals surface area contributed by atoms with Crippen LogP contribution in [0.2, 0.25) is 0 Å². The van der Waals surface area contributed by atoms with E-state index >= 15 is 0 Å². The van der Waals surface area contributed by atoms with E-state index < -0.39 is 6.10 Å². The highest BCUT2D eigenvalue weighted by Gasteiger charge is 2.25. The molecule has 0 bridgehead atoms. The SMILES string of the molecule is O=C1CC(O)CC(C=Cc2ccccc2C2CCCC2)O1. The summed E-state index contributed by atoms with van der Waals surface area (Å²) in [5.41, 5.74) is 2.61. The number of hydrogen-bond donors (Lipinski definition) is 1.